The van der Waals surface area contributed by atoms with Crippen molar-refractivity contribution in [3.8, 4) is 22.6 Å². The Labute approximate surface area is 147 Å². The Kier molecular flexibility index (Phi) is 3.61. The molecular formula is C21H22N4+2. The molecule has 0 atom stereocenters. The van der Waals surface area contributed by atoms with Crippen molar-refractivity contribution < 1.29 is 9.13 Å². The van der Waals surface area contributed by atoms with Gasteiger partial charge in [0.2, 0.25) is 5.69 Å². The zero-order valence-corrected chi connectivity index (χ0v) is 15.1. The van der Waals surface area contributed by atoms with Gasteiger partial charge >= 0.3 is 0 Å². The van der Waals surface area contributed by atoms with Gasteiger partial charge in [-0.05, 0) is 30.7 Å². The van der Waals surface area contributed by atoms with E-state index in [9.17, 15) is 0 Å². The summed E-state index contributed by atoms with van der Waals surface area (Å²) in [5, 5.41) is 0. The fourth-order valence-corrected chi connectivity index (χ4v) is 3.66. The van der Waals surface area contributed by atoms with Crippen LogP contribution in [0.1, 0.15) is 5.56 Å². The standard InChI is InChI=1S/C21H22N4/c1-15-16(18-9-7-8-12-23(18)2)13-22-14-17(15)21-24(3)19-10-5-6-11-20(19)25(21)4/h5-14H,1-4H3/q+2. The number of aryl methyl sites for hydroxylation is 3. The fraction of sp³-hybridized carbons (Fsp3) is 0.190. The van der Waals surface area contributed by atoms with Gasteiger partial charge < -0.3 is 0 Å². The molecule has 0 bridgehead atoms. The van der Waals surface area contributed by atoms with Gasteiger partial charge in [-0.3, -0.25) is 4.98 Å². The minimum atomic E-state index is 1.16. The second-order valence-electron chi connectivity index (χ2n) is 6.49. The molecule has 0 saturated carbocycles. The molecule has 4 aromatic rings. The first-order chi connectivity index (χ1) is 12.1. The molecule has 4 heteroatoms. The first-order valence-electron chi connectivity index (χ1n) is 8.43. The number of hydrogen-bond donors (Lipinski definition) is 0. The van der Waals surface area contributed by atoms with E-state index in [2.05, 4.69) is 89.3 Å². The predicted octanol–water partition coefficient (Wildman–Crippen LogP) is 2.86. The van der Waals surface area contributed by atoms with E-state index in [1.54, 1.807) is 0 Å². The summed E-state index contributed by atoms with van der Waals surface area (Å²) in [7, 11) is 6.30. The maximum absolute atomic E-state index is 4.55. The summed E-state index contributed by atoms with van der Waals surface area (Å²) in [5.41, 5.74) is 7.15. The van der Waals surface area contributed by atoms with Crippen molar-refractivity contribution >= 4 is 11.0 Å². The van der Waals surface area contributed by atoms with Crippen molar-refractivity contribution in [3.05, 3.63) is 66.6 Å². The molecule has 0 saturated heterocycles. The van der Waals surface area contributed by atoms with Gasteiger partial charge in [0, 0.05) is 24.5 Å². The molecule has 0 amide bonds. The highest BCUT2D eigenvalue weighted by molar-refractivity contribution is 5.78. The molecule has 0 aliphatic rings. The molecule has 3 heterocycles. The number of hydrogen-bond acceptors (Lipinski definition) is 1. The number of pyridine rings is 2. The SMILES string of the molecule is Cc1c(-c2cccc[n+]2C)cncc1-c1n(C)c2ccccc2[n+]1C. The Morgan fingerprint density at radius 2 is 1.64 bits per heavy atom. The maximum atomic E-state index is 4.55. The second-order valence-corrected chi connectivity index (χ2v) is 6.49. The summed E-state index contributed by atoms with van der Waals surface area (Å²) in [5.74, 6) is 1.16. The molecule has 0 aliphatic carbocycles. The molecule has 0 N–H and O–H groups in total. The van der Waals surface area contributed by atoms with Crippen molar-refractivity contribution in [2.24, 2.45) is 21.1 Å². The van der Waals surface area contributed by atoms with Gasteiger partial charge in [-0.2, -0.15) is 0 Å². The van der Waals surface area contributed by atoms with Crippen LogP contribution in [0.25, 0.3) is 33.7 Å². The average molecular weight is 330 g/mol. The molecule has 4 nitrogen and oxygen atoms in total. The first-order valence-corrected chi connectivity index (χ1v) is 8.43. The topological polar surface area (TPSA) is 25.6 Å². The number of para-hydroxylation sites is 2. The Morgan fingerprint density at radius 1 is 0.920 bits per heavy atom. The van der Waals surface area contributed by atoms with Crippen molar-refractivity contribution in [2.75, 3.05) is 0 Å². The van der Waals surface area contributed by atoms with Crippen LogP contribution in [-0.4, -0.2) is 9.55 Å². The second kappa shape index (κ2) is 5.81. The molecule has 0 radical (unpaired) electrons. The number of imidazole rings is 1. The summed E-state index contributed by atoms with van der Waals surface area (Å²) in [6.45, 7) is 2.18. The lowest BCUT2D eigenvalue weighted by molar-refractivity contribution is -0.660. The molecule has 0 fully saturated rings. The van der Waals surface area contributed by atoms with Crippen LogP contribution in [0.4, 0.5) is 0 Å². The summed E-state index contributed by atoms with van der Waals surface area (Å²) in [4.78, 5) is 4.55. The van der Waals surface area contributed by atoms with Crippen molar-refractivity contribution in [1.82, 2.24) is 9.55 Å². The third kappa shape index (κ3) is 2.33. The van der Waals surface area contributed by atoms with E-state index in [-0.39, 0.29) is 0 Å². The van der Waals surface area contributed by atoms with Gasteiger partial charge in [-0.1, -0.05) is 12.1 Å². The lowest BCUT2D eigenvalue weighted by Gasteiger charge is -2.08. The van der Waals surface area contributed by atoms with Crippen LogP contribution in [0.2, 0.25) is 0 Å². The van der Waals surface area contributed by atoms with Crippen LogP contribution in [0, 0.1) is 6.92 Å². The number of rotatable bonds is 2. The predicted molar refractivity (Wildman–Crippen MR) is 98.7 cm³/mol. The molecule has 25 heavy (non-hydrogen) atoms. The highest BCUT2D eigenvalue weighted by Gasteiger charge is 2.25. The minimum Gasteiger partial charge on any atom is -0.263 e. The number of aromatic nitrogens is 4. The number of nitrogens with zero attached hydrogens (tertiary/aromatic N) is 4. The smallest absolute Gasteiger partial charge is 0.263 e. The first kappa shape index (κ1) is 15.5. The summed E-state index contributed by atoms with van der Waals surface area (Å²) in [6, 6.07) is 14.7. The third-order valence-corrected chi connectivity index (χ3v) is 5.03. The zero-order chi connectivity index (χ0) is 17.6. The zero-order valence-electron chi connectivity index (χ0n) is 15.1. The molecule has 1 aromatic carbocycles. The summed E-state index contributed by atoms with van der Waals surface area (Å²) < 4.78 is 6.62. The van der Waals surface area contributed by atoms with E-state index in [0.717, 1.165) is 22.6 Å². The molecule has 124 valence electrons. The highest BCUT2D eigenvalue weighted by atomic mass is 15.1. The minimum absolute atomic E-state index is 1.16. The Bertz CT molecular complexity index is 1050. The molecule has 4 rings (SSSR count). The van der Waals surface area contributed by atoms with Crippen LogP contribution in [-0.2, 0) is 21.1 Å². The summed E-state index contributed by atoms with van der Waals surface area (Å²) in [6.07, 6.45) is 5.99. The van der Waals surface area contributed by atoms with Crippen LogP contribution in [0.15, 0.2) is 61.1 Å². The largest absolute Gasteiger partial charge is 0.291 e. The van der Waals surface area contributed by atoms with Gasteiger partial charge in [0.1, 0.15) is 7.05 Å². The third-order valence-electron chi connectivity index (χ3n) is 5.03. The molecular weight excluding hydrogens is 308 g/mol. The Hall–Kier alpha value is -3.01. The lowest BCUT2D eigenvalue weighted by atomic mass is 10.0. The van der Waals surface area contributed by atoms with Crippen molar-refractivity contribution in [1.29, 1.82) is 0 Å². The normalized spacial score (nSPS) is 11.2. The van der Waals surface area contributed by atoms with E-state index >= 15 is 0 Å². The maximum Gasteiger partial charge on any atom is 0.291 e. The van der Waals surface area contributed by atoms with E-state index in [4.69, 9.17) is 0 Å². The Morgan fingerprint density at radius 3 is 2.40 bits per heavy atom. The van der Waals surface area contributed by atoms with Gasteiger partial charge in [0.15, 0.2) is 17.2 Å². The quantitative estimate of drug-likeness (QED) is 0.519. The van der Waals surface area contributed by atoms with Gasteiger partial charge in [-0.15, -0.1) is 0 Å². The average Bonchev–Trinajstić information content (AvgIpc) is 2.88. The monoisotopic (exact) mass is 330 g/mol. The lowest BCUT2D eigenvalue weighted by Crippen LogP contribution is -2.31. The van der Waals surface area contributed by atoms with Gasteiger partial charge in [0.05, 0.1) is 25.2 Å². The van der Waals surface area contributed by atoms with Crippen LogP contribution < -0.4 is 9.13 Å². The van der Waals surface area contributed by atoms with Gasteiger partial charge in [0.25, 0.3) is 5.82 Å². The Balaban J connectivity index is 2.00. The number of benzene rings is 1. The molecule has 3 aromatic heterocycles. The van der Waals surface area contributed by atoms with E-state index in [0.29, 0.717) is 0 Å². The van der Waals surface area contributed by atoms with E-state index in [1.807, 2.05) is 18.5 Å². The van der Waals surface area contributed by atoms with Crippen LogP contribution in [0.5, 0.6) is 0 Å². The van der Waals surface area contributed by atoms with Crippen molar-refractivity contribution in [2.45, 2.75) is 6.92 Å². The van der Waals surface area contributed by atoms with Crippen molar-refractivity contribution in [3.63, 3.8) is 0 Å². The molecule has 0 unspecified atom stereocenters. The molecule has 0 aliphatic heterocycles. The van der Waals surface area contributed by atoms with E-state index < -0.39 is 0 Å². The van der Waals surface area contributed by atoms with Crippen LogP contribution in [0.3, 0.4) is 0 Å². The fourth-order valence-electron chi connectivity index (χ4n) is 3.66. The van der Waals surface area contributed by atoms with Crippen LogP contribution >= 0.6 is 0 Å². The molecule has 0 spiro atoms. The van der Waals surface area contributed by atoms with Gasteiger partial charge in [-0.25, -0.2) is 13.7 Å². The van der Waals surface area contributed by atoms with E-state index in [1.165, 1.54) is 16.6 Å². The summed E-state index contributed by atoms with van der Waals surface area (Å²) >= 11 is 0. The highest BCUT2D eigenvalue weighted by Crippen LogP contribution is 2.29. The number of fused-ring (bicyclic) bond motifs is 1.